The number of aliphatic hydroxyl groups excluding tert-OH is 2. The van der Waals surface area contributed by atoms with Crippen LogP contribution < -0.4 is 5.32 Å². The number of fused-ring (bicyclic) bond motifs is 1. The van der Waals surface area contributed by atoms with Gasteiger partial charge in [0.05, 0.1) is 17.1 Å². The fourth-order valence-electron chi connectivity index (χ4n) is 2.81. The van der Waals surface area contributed by atoms with E-state index in [2.05, 4.69) is 5.32 Å². The number of hydrogen-bond acceptors (Lipinski definition) is 5. The lowest BCUT2D eigenvalue weighted by molar-refractivity contribution is 0.0572. The third-order valence-corrected chi connectivity index (χ3v) is 5.86. The van der Waals surface area contributed by atoms with Crippen molar-refractivity contribution in [2.75, 3.05) is 19.6 Å². The molecule has 1 fully saturated rings. The Morgan fingerprint density at radius 1 is 1.20 bits per heavy atom. The molecule has 0 spiro atoms. The predicted octanol–water partition coefficient (Wildman–Crippen LogP) is -0.942. The minimum atomic E-state index is -3.66. The molecule has 2 heterocycles. The molecule has 0 radical (unpaired) electrons. The van der Waals surface area contributed by atoms with Crippen LogP contribution in [0.5, 0.6) is 0 Å². The van der Waals surface area contributed by atoms with Gasteiger partial charge in [0.2, 0.25) is 10.0 Å². The normalized spacial score (nSPS) is 27.5. The van der Waals surface area contributed by atoms with Gasteiger partial charge in [0.1, 0.15) is 0 Å². The van der Waals surface area contributed by atoms with Crippen LogP contribution in [-0.2, 0) is 23.0 Å². The highest BCUT2D eigenvalue weighted by molar-refractivity contribution is 7.89. The van der Waals surface area contributed by atoms with Crippen molar-refractivity contribution in [2.24, 2.45) is 0 Å². The van der Waals surface area contributed by atoms with Gasteiger partial charge in [0.15, 0.2) is 0 Å². The van der Waals surface area contributed by atoms with E-state index in [1.54, 1.807) is 12.1 Å². The van der Waals surface area contributed by atoms with Gasteiger partial charge in [0, 0.05) is 19.6 Å². The number of nitrogens with one attached hydrogen (secondary N) is 1. The van der Waals surface area contributed by atoms with Gasteiger partial charge in [-0.2, -0.15) is 4.31 Å². The summed E-state index contributed by atoms with van der Waals surface area (Å²) in [6, 6.07) is 5.27. The standard InChI is InChI=1S/C13H18N2O4S/c16-11-7-15(8-12(11)17)20(18,19)13-3-1-2-9-6-14-5-4-10(9)13/h1-3,11-12,14,16-17H,4-8H2. The van der Waals surface area contributed by atoms with E-state index < -0.39 is 22.2 Å². The Balaban J connectivity index is 2.00. The van der Waals surface area contributed by atoms with Crippen LogP contribution in [0, 0.1) is 0 Å². The first-order valence-corrected chi connectivity index (χ1v) is 8.12. The van der Waals surface area contributed by atoms with Crippen molar-refractivity contribution in [1.82, 2.24) is 9.62 Å². The largest absolute Gasteiger partial charge is 0.389 e. The molecule has 2 unspecified atom stereocenters. The molecular weight excluding hydrogens is 280 g/mol. The maximum Gasteiger partial charge on any atom is 0.243 e. The number of aliphatic hydroxyl groups is 2. The smallest absolute Gasteiger partial charge is 0.243 e. The van der Waals surface area contributed by atoms with Crippen LogP contribution in [0.3, 0.4) is 0 Å². The molecule has 0 bridgehead atoms. The highest BCUT2D eigenvalue weighted by atomic mass is 32.2. The van der Waals surface area contributed by atoms with Gasteiger partial charge >= 0.3 is 0 Å². The number of benzene rings is 1. The Labute approximate surface area is 118 Å². The van der Waals surface area contributed by atoms with E-state index in [1.165, 1.54) is 4.31 Å². The van der Waals surface area contributed by atoms with E-state index in [9.17, 15) is 18.6 Å². The molecule has 7 heteroatoms. The van der Waals surface area contributed by atoms with Crippen LogP contribution in [0.15, 0.2) is 23.1 Å². The fourth-order valence-corrected chi connectivity index (χ4v) is 4.58. The second kappa shape index (κ2) is 5.09. The molecule has 0 saturated carbocycles. The zero-order chi connectivity index (χ0) is 14.3. The summed E-state index contributed by atoms with van der Waals surface area (Å²) in [5.41, 5.74) is 1.85. The van der Waals surface area contributed by atoms with Crippen molar-refractivity contribution in [3.05, 3.63) is 29.3 Å². The third kappa shape index (κ3) is 2.25. The van der Waals surface area contributed by atoms with Crippen LogP contribution in [0.4, 0.5) is 0 Å². The lowest BCUT2D eigenvalue weighted by Gasteiger charge is -2.23. The molecule has 6 nitrogen and oxygen atoms in total. The molecule has 0 aromatic heterocycles. The molecule has 0 amide bonds. The van der Waals surface area contributed by atoms with Gasteiger partial charge in [-0.15, -0.1) is 0 Å². The maximum absolute atomic E-state index is 12.7. The Morgan fingerprint density at radius 3 is 2.60 bits per heavy atom. The lowest BCUT2D eigenvalue weighted by Crippen LogP contribution is -2.32. The van der Waals surface area contributed by atoms with Crippen molar-refractivity contribution in [2.45, 2.75) is 30.1 Å². The number of β-amino-alcohol motifs (C(OH)–C–C–N with tert-alkyl or cyclic N) is 2. The summed E-state index contributed by atoms with van der Waals surface area (Å²) in [6.07, 6.45) is -1.35. The monoisotopic (exact) mass is 298 g/mol. The molecule has 0 aliphatic carbocycles. The predicted molar refractivity (Wildman–Crippen MR) is 72.6 cm³/mol. The quantitative estimate of drug-likeness (QED) is 0.655. The molecule has 3 N–H and O–H groups in total. The Kier molecular flexibility index (Phi) is 3.55. The second-order valence-electron chi connectivity index (χ2n) is 5.28. The molecule has 3 rings (SSSR count). The molecule has 110 valence electrons. The van der Waals surface area contributed by atoms with Crippen molar-refractivity contribution in [1.29, 1.82) is 0 Å². The summed E-state index contributed by atoms with van der Waals surface area (Å²) in [5, 5.41) is 22.3. The van der Waals surface area contributed by atoms with Crippen LogP contribution in [-0.4, -0.2) is 54.8 Å². The number of nitrogens with zero attached hydrogens (tertiary/aromatic N) is 1. The first-order valence-electron chi connectivity index (χ1n) is 6.68. The van der Waals surface area contributed by atoms with Gasteiger partial charge in [-0.05, 0) is 30.2 Å². The number of hydrogen-bond donors (Lipinski definition) is 3. The molecule has 2 aliphatic heterocycles. The van der Waals surface area contributed by atoms with E-state index >= 15 is 0 Å². The average Bonchev–Trinajstić information content (AvgIpc) is 2.79. The molecular formula is C13H18N2O4S. The first-order chi connectivity index (χ1) is 9.50. The van der Waals surface area contributed by atoms with Gasteiger partial charge in [0.25, 0.3) is 0 Å². The summed E-state index contributed by atoms with van der Waals surface area (Å²) in [7, 11) is -3.66. The van der Waals surface area contributed by atoms with Crippen LogP contribution in [0.1, 0.15) is 11.1 Å². The van der Waals surface area contributed by atoms with Crippen molar-refractivity contribution >= 4 is 10.0 Å². The van der Waals surface area contributed by atoms with Gasteiger partial charge in [-0.3, -0.25) is 0 Å². The van der Waals surface area contributed by atoms with Crippen molar-refractivity contribution in [3.63, 3.8) is 0 Å². The zero-order valence-electron chi connectivity index (χ0n) is 11.0. The number of rotatable bonds is 2. The average molecular weight is 298 g/mol. The third-order valence-electron chi connectivity index (χ3n) is 3.94. The molecule has 20 heavy (non-hydrogen) atoms. The van der Waals surface area contributed by atoms with Crippen LogP contribution in [0.2, 0.25) is 0 Å². The lowest BCUT2D eigenvalue weighted by atomic mass is 10.0. The topological polar surface area (TPSA) is 89.9 Å². The Morgan fingerprint density at radius 2 is 1.90 bits per heavy atom. The molecule has 2 atom stereocenters. The SMILES string of the molecule is O=S(=O)(c1cccc2c1CCNC2)N1CC(O)C(O)C1. The van der Waals surface area contributed by atoms with Gasteiger partial charge in [-0.25, -0.2) is 8.42 Å². The Bertz CT molecular complexity index is 607. The molecule has 1 aromatic carbocycles. The fraction of sp³-hybridized carbons (Fsp3) is 0.538. The maximum atomic E-state index is 12.7. The van der Waals surface area contributed by atoms with E-state index in [-0.39, 0.29) is 13.1 Å². The molecule has 1 aromatic rings. The van der Waals surface area contributed by atoms with Crippen molar-refractivity contribution < 1.29 is 18.6 Å². The van der Waals surface area contributed by atoms with E-state index in [1.807, 2.05) is 6.07 Å². The highest BCUT2D eigenvalue weighted by Crippen LogP contribution is 2.27. The van der Waals surface area contributed by atoms with E-state index in [4.69, 9.17) is 0 Å². The van der Waals surface area contributed by atoms with Crippen molar-refractivity contribution in [3.8, 4) is 0 Å². The summed E-state index contributed by atoms with van der Waals surface area (Å²) >= 11 is 0. The Hall–Kier alpha value is -0.990. The zero-order valence-corrected chi connectivity index (χ0v) is 11.8. The van der Waals surface area contributed by atoms with Gasteiger partial charge < -0.3 is 15.5 Å². The summed E-state index contributed by atoms with van der Waals surface area (Å²) in [6.45, 7) is 1.32. The first kappa shape index (κ1) is 14.0. The number of sulfonamides is 1. The van der Waals surface area contributed by atoms with Crippen LogP contribution in [0.25, 0.3) is 0 Å². The van der Waals surface area contributed by atoms with E-state index in [0.717, 1.165) is 17.7 Å². The minimum absolute atomic E-state index is 0.0502. The van der Waals surface area contributed by atoms with Crippen LogP contribution >= 0.6 is 0 Å². The second-order valence-corrected chi connectivity index (χ2v) is 7.18. The highest BCUT2D eigenvalue weighted by Gasteiger charge is 2.38. The summed E-state index contributed by atoms with van der Waals surface area (Å²) in [5.74, 6) is 0. The molecule has 2 aliphatic rings. The minimum Gasteiger partial charge on any atom is -0.389 e. The molecule has 1 saturated heterocycles. The van der Waals surface area contributed by atoms with Gasteiger partial charge in [-0.1, -0.05) is 12.1 Å². The summed E-state index contributed by atoms with van der Waals surface area (Å²) < 4.78 is 26.5. The summed E-state index contributed by atoms with van der Waals surface area (Å²) in [4.78, 5) is 0.304. The van der Waals surface area contributed by atoms with E-state index in [0.29, 0.717) is 17.9 Å².